The van der Waals surface area contributed by atoms with Crippen molar-refractivity contribution in [2.75, 3.05) is 6.54 Å². The molecule has 0 atom stereocenters. The Morgan fingerprint density at radius 2 is 1.88 bits per heavy atom. The molecule has 0 fully saturated rings. The number of halogens is 1. The number of rotatable bonds is 5. The summed E-state index contributed by atoms with van der Waals surface area (Å²) in [7, 11) is 0. The molecule has 1 aromatic heterocycles. The Morgan fingerprint density at radius 3 is 2.59 bits per heavy atom. The van der Waals surface area contributed by atoms with Gasteiger partial charge < -0.3 is 22.1 Å². The summed E-state index contributed by atoms with van der Waals surface area (Å²) in [4.78, 5) is 0. The molecule has 0 aliphatic carbocycles. The second-order valence-electron chi connectivity index (χ2n) is 3.55. The van der Waals surface area contributed by atoms with Gasteiger partial charge in [0.05, 0.1) is 6.54 Å². The highest BCUT2D eigenvalue weighted by Gasteiger charge is 2.02. The van der Waals surface area contributed by atoms with Gasteiger partial charge in [0.15, 0.2) is 0 Å². The maximum atomic E-state index is 5.72. The van der Waals surface area contributed by atoms with E-state index in [2.05, 4.69) is 11.9 Å². The normalized spacial score (nSPS) is 9.65. The first-order chi connectivity index (χ1) is 7.90. The summed E-state index contributed by atoms with van der Waals surface area (Å²) in [6.07, 6.45) is 1.83. The predicted octanol–water partition coefficient (Wildman–Crippen LogP) is 0.226. The van der Waals surface area contributed by atoms with Crippen molar-refractivity contribution >= 4 is 0 Å². The molecule has 0 saturated heterocycles. The molecule has 17 heavy (non-hydrogen) atoms. The summed E-state index contributed by atoms with van der Waals surface area (Å²) in [5.41, 5.74) is 1.11. The summed E-state index contributed by atoms with van der Waals surface area (Å²) in [6, 6.07) is 14.1. The van der Waals surface area contributed by atoms with Gasteiger partial charge in [-0.1, -0.05) is 36.4 Å². The lowest BCUT2D eigenvalue weighted by molar-refractivity contribution is -0.00000380. The molecule has 0 spiro atoms. The van der Waals surface area contributed by atoms with Gasteiger partial charge in [0.1, 0.15) is 11.5 Å². The van der Waals surface area contributed by atoms with Gasteiger partial charge >= 0.3 is 0 Å². The fraction of sp³-hybridized carbons (Fsp3) is 0.143. The van der Waals surface area contributed by atoms with Crippen molar-refractivity contribution in [3.63, 3.8) is 0 Å². The van der Waals surface area contributed by atoms with Crippen LogP contribution >= 0.6 is 0 Å². The molecule has 1 heterocycles. The highest BCUT2D eigenvalue weighted by Crippen LogP contribution is 2.21. The van der Waals surface area contributed by atoms with E-state index in [9.17, 15) is 0 Å². The van der Waals surface area contributed by atoms with E-state index in [4.69, 9.17) is 4.42 Å². The number of hydrogen-bond acceptors (Lipinski definition) is 2. The number of hydrogen-bond donors (Lipinski definition) is 1. The van der Waals surface area contributed by atoms with Gasteiger partial charge in [-0.25, -0.2) is 0 Å². The molecular formula is C14H15ClNO-. The van der Waals surface area contributed by atoms with Gasteiger partial charge in [-0.15, -0.1) is 6.58 Å². The van der Waals surface area contributed by atoms with Crippen molar-refractivity contribution in [3.8, 4) is 11.3 Å². The van der Waals surface area contributed by atoms with Crippen LogP contribution in [-0.4, -0.2) is 6.54 Å². The SMILES string of the molecule is C=CCNCc1ccc(-c2ccccc2)o1.[Cl-]. The molecular weight excluding hydrogens is 234 g/mol. The zero-order chi connectivity index (χ0) is 11.2. The van der Waals surface area contributed by atoms with Gasteiger partial charge in [-0.3, -0.25) is 0 Å². The van der Waals surface area contributed by atoms with Crippen LogP contribution in [0.5, 0.6) is 0 Å². The monoisotopic (exact) mass is 248 g/mol. The van der Waals surface area contributed by atoms with Crippen LogP contribution < -0.4 is 17.7 Å². The Morgan fingerprint density at radius 1 is 1.12 bits per heavy atom. The lowest BCUT2D eigenvalue weighted by Gasteiger charge is -1.98. The molecule has 0 amide bonds. The second kappa shape index (κ2) is 6.94. The zero-order valence-corrected chi connectivity index (χ0v) is 10.3. The molecule has 3 heteroatoms. The van der Waals surface area contributed by atoms with Crippen molar-refractivity contribution in [2.45, 2.75) is 6.54 Å². The third kappa shape index (κ3) is 3.77. The smallest absolute Gasteiger partial charge is 0.134 e. The third-order valence-corrected chi connectivity index (χ3v) is 2.31. The molecule has 0 aliphatic rings. The van der Waals surface area contributed by atoms with Crippen molar-refractivity contribution in [2.24, 2.45) is 0 Å². The van der Waals surface area contributed by atoms with Crippen molar-refractivity contribution in [1.82, 2.24) is 5.32 Å². The molecule has 1 aromatic carbocycles. The fourth-order valence-electron chi connectivity index (χ4n) is 1.53. The van der Waals surface area contributed by atoms with Gasteiger partial charge in [0.25, 0.3) is 0 Å². The van der Waals surface area contributed by atoms with Gasteiger partial charge in [0.2, 0.25) is 0 Å². The van der Waals surface area contributed by atoms with E-state index in [0.29, 0.717) is 0 Å². The lowest BCUT2D eigenvalue weighted by atomic mass is 10.2. The summed E-state index contributed by atoms with van der Waals surface area (Å²) in [5, 5.41) is 3.20. The summed E-state index contributed by atoms with van der Waals surface area (Å²) in [5.74, 6) is 1.86. The van der Waals surface area contributed by atoms with Crippen molar-refractivity contribution in [1.29, 1.82) is 0 Å². The molecule has 0 unspecified atom stereocenters. The summed E-state index contributed by atoms with van der Waals surface area (Å²) < 4.78 is 5.72. The van der Waals surface area contributed by atoms with Crippen LogP contribution in [0.1, 0.15) is 5.76 Å². The predicted molar refractivity (Wildman–Crippen MR) is 66.0 cm³/mol. The molecule has 0 saturated carbocycles. The van der Waals surface area contributed by atoms with Crippen LogP contribution in [0.3, 0.4) is 0 Å². The van der Waals surface area contributed by atoms with E-state index in [1.54, 1.807) is 0 Å². The topological polar surface area (TPSA) is 25.2 Å². The quantitative estimate of drug-likeness (QED) is 0.605. The third-order valence-electron chi connectivity index (χ3n) is 2.31. The van der Waals surface area contributed by atoms with Gasteiger partial charge in [0, 0.05) is 12.1 Å². The lowest BCUT2D eigenvalue weighted by Crippen LogP contribution is -3.00. The highest BCUT2D eigenvalue weighted by molar-refractivity contribution is 5.57. The van der Waals surface area contributed by atoms with E-state index >= 15 is 0 Å². The van der Waals surface area contributed by atoms with Crippen LogP contribution in [0.4, 0.5) is 0 Å². The molecule has 90 valence electrons. The first-order valence-corrected chi connectivity index (χ1v) is 5.36. The van der Waals surface area contributed by atoms with E-state index < -0.39 is 0 Å². The van der Waals surface area contributed by atoms with E-state index in [1.165, 1.54) is 0 Å². The summed E-state index contributed by atoms with van der Waals surface area (Å²) in [6.45, 7) is 5.18. The molecule has 0 radical (unpaired) electrons. The van der Waals surface area contributed by atoms with Crippen molar-refractivity contribution < 1.29 is 16.8 Å². The van der Waals surface area contributed by atoms with Crippen LogP contribution in [-0.2, 0) is 6.54 Å². The highest BCUT2D eigenvalue weighted by atomic mass is 35.5. The zero-order valence-electron chi connectivity index (χ0n) is 9.53. The van der Waals surface area contributed by atoms with Gasteiger partial charge in [-0.2, -0.15) is 0 Å². The Hall–Kier alpha value is -1.51. The van der Waals surface area contributed by atoms with Crippen LogP contribution in [0, 0.1) is 0 Å². The standard InChI is InChI=1S/C14H15NO.ClH/c1-2-10-15-11-13-8-9-14(16-13)12-6-4-3-5-7-12;/h2-9,15H,1,10-11H2;1H/p-1. The average molecular weight is 249 g/mol. The molecule has 2 aromatic rings. The first-order valence-electron chi connectivity index (χ1n) is 5.36. The van der Waals surface area contributed by atoms with Crippen LogP contribution in [0.2, 0.25) is 0 Å². The first kappa shape index (κ1) is 13.6. The molecule has 2 nitrogen and oxygen atoms in total. The number of benzene rings is 1. The minimum absolute atomic E-state index is 0. The molecule has 1 N–H and O–H groups in total. The van der Waals surface area contributed by atoms with Gasteiger partial charge in [-0.05, 0) is 12.1 Å². The second-order valence-corrected chi connectivity index (χ2v) is 3.55. The van der Waals surface area contributed by atoms with Crippen LogP contribution in [0.15, 0.2) is 59.5 Å². The molecule has 0 aliphatic heterocycles. The van der Waals surface area contributed by atoms with E-state index in [-0.39, 0.29) is 12.4 Å². The fourth-order valence-corrected chi connectivity index (χ4v) is 1.53. The molecule has 0 bridgehead atoms. The Labute approximate surface area is 108 Å². The minimum atomic E-state index is 0. The maximum absolute atomic E-state index is 5.72. The number of nitrogens with one attached hydrogen (secondary N) is 1. The van der Waals surface area contributed by atoms with Crippen molar-refractivity contribution in [3.05, 3.63) is 60.9 Å². The van der Waals surface area contributed by atoms with Crippen LogP contribution in [0.25, 0.3) is 11.3 Å². The molecule has 2 rings (SSSR count). The Bertz CT molecular complexity index is 450. The Kier molecular flexibility index (Phi) is 5.53. The minimum Gasteiger partial charge on any atom is -1.00 e. The Balaban J connectivity index is 0.00000144. The van der Waals surface area contributed by atoms with E-state index in [1.807, 2.05) is 48.5 Å². The van der Waals surface area contributed by atoms with E-state index in [0.717, 1.165) is 30.2 Å². The number of furan rings is 1. The summed E-state index contributed by atoms with van der Waals surface area (Å²) >= 11 is 0. The largest absolute Gasteiger partial charge is 1.00 e. The average Bonchev–Trinajstić information content (AvgIpc) is 2.79. The maximum Gasteiger partial charge on any atom is 0.134 e.